The Morgan fingerprint density at radius 1 is 0.913 bits per heavy atom. The summed E-state index contributed by atoms with van der Waals surface area (Å²) < 4.78 is 0. The van der Waals surface area contributed by atoms with Gasteiger partial charge in [-0.3, -0.25) is 30.0 Å². The number of nitro benzene ring substituents is 2. The number of carbonyl (C=O) groups excluding carboxylic acids is 1. The molecule has 0 aromatic heterocycles. The standard InChI is InChI=1S/C15H9N3O5/c19-15-8-14(9-1-3-10(4-2-9)17(20)21)16-13-6-5-11(18(22)23)7-12(13)15/h1-7H,8H2. The van der Waals surface area contributed by atoms with Crippen LogP contribution in [0, 0.1) is 20.2 Å². The molecule has 1 aliphatic heterocycles. The van der Waals surface area contributed by atoms with E-state index in [9.17, 15) is 25.0 Å². The number of hydrogen-bond acceptors (Lipinski definition) is 6. The number of nitro groups is 2. The molecule has 114 valence electrons. The molecular formula is C15H9N3O5. The van der Waals surface area contributed by atoms with E-state index in [1.54, 1.807) is 0 Å². The lowest BCUT2D eigenvalue weighted by Crippen LogP contribution is -2.14. The van der Waals surface area contributed by atoms with Gasteiger partial charge in [0.1, 0.15) is 0 Å². The Kier molecular flexibility index (Phi) is 3.41. The highest BCUT2D eigenvalue weighted by Crippen LogP contribution is 2.31. The lowest BCUT2D eigenvalue weighted by molar-refractivity contribution is -0.385. The molecule has 0 unspecified atom stereocenters. The molecule has 0 spiro atoms. The normalized spacial score (nSPS) is 13.2. The first-order chi connectivity index (χ1) is 11.0. The van der Waals surface area contributed by atoms with Gasteiger partial charge in [-0.25, -0.2) is 0 Å². The third-order valence-electron chi connectivity index (χ3n) is 3.49. The van der Waals surface area contributed by atoms with Crippen LogP contribution in [0.4, 0.5) is 17.1 Å². The van der Waals surface area contributed by atoms with Crippen molar-refractivity contribution in [2.75, 3.05) is 0 Å². The number of hydrogen-bond donors (Lipinski definition) is 0. The first-order valence-electron chi connectivity index (χ1n) is 6.60. The van der Waals surface area contributed by atoms with Crippen LogP contribution >= 0.6 is 0 Å². The quantitative estimate of drug-likeness (QED) is 0.637. The zero-order chi connectivity index (χ0) is 16.6. The zero-order valence-electron chi connectivity index (χ0n) is 11.6. The average molecular weight is 311 g/mol. The second-order valence-electron chi connectivity index (χ2n) is 4.92. The van der Waals surface area contributed by atoms with Gasteiger partial charge in [0.05, 0.1) is 33.2 Å². The second-order valence-corrected chi connectivity index (χ2v) is 4.92. The maximum absolute atomic E-state index is 12.2. The molecule has 0 saturated carbocycles. The summed E-state index contributed by atoms with van der Waals surface area (Å²) in [6.07, 6.45) is -0.00796. The Balaban J connectivity index is 2.01. The van der Waals surface area contributed by atoms with Gasteiger partial charge < -0.3 is 0 Å². The SMILES string of the molecule is O=C1CC(c2ccc([N+](=O)[O-])cc2)=Nc2ccc([N+](=O)[O-])cc21. The second kappa shape index (κ2) is 5.41. The summed E-state index contributed by atoms with van der Waals surface area (Å²) in [5.74, 6) is -0.271. The van der Waals surface area contributed by atoms with E-state index in [2.05, 4.69) is 4.99 Å². The summed E-state index contributed by atoms with van der Waals surface area (Å²) in [5, 5.41) is 21.4. The number of rotatable bonds is 3. The molecule has 0 atom stereocenters. The van der Waals surface area contributed by atoms with Gasteiger partial charge in [0, 0.05) is 24.3 Å². The van der Waals surface area contributed by atoms with E-state index >= 15 is 0 Å². The molecule has 2 aromatic carbocycles. The van der Waals surface area contributed by atoms with Crippen molar-refractivity contribution in [2.45, 2.75) is 6.42 Å². The van der Waals surface area contributed by atoms with E-state index in [1.165, 1.54) is 42.5 Å². The first-order valence-corrected chi connectivity index (χ1v) is 6.60. The number of non-ortho nitro benzene ring substituents is 2. The Labute approximate surface area is 129 Å². The fourth-order valence-corrected chi connectivity index (χ4v) is 2.33. The molecule has 8 heteroatoms. The number of aliphatic imine (C=N–C) groups is 1. The summed E-state index contributed by atoms with van der Waals surface area (Å²) in [5.41, 5.74) is 1.45. The Hall–Kier alpha value is -3.42. The summed E-state index contributed by atoms with van der Waals surface area (Å²) in [6.45, 7) is 0. The van der Waals surface area contributed by atoms with Crippen LogP contribution in [0.15, 0.2) is 47.5 Å². The van der Waals surface area contributed by atoms with Crippen LogP contribution in [0.1, 0.15) is 22.3 Å². The van der Waals surface area contributed by atoms with E-state index in [-0.39, 0.29) is 29.1 Å². The molecule has 0 bridgehead atoms. The van der Waals surface area contributed by atoms with Crippen LogP contribution < -0.4 is 0 Å². The summed E-state index contributed by atoms with van der Waals surface area (Å²) >= 11 is 0. The highest BCUT2D eigenvalue weighted by molar-refractivity contribution is 6.21. The molecule has 23 heavy (non-hydrogen) atoms. The molecule has 1 aliphatic rings. The molecule has 8 nitrogen and oxygen atoms in total. The molecule has 3 rings (SSSR count). The van der Waals surface area contributed by atoms with E-state index in [0.717, 1.165) is 0 Å². The fraction of sp³-hybridized carbons (Fsp3) is 0.0667. The molecule has 2 aromatic rings. The fourth-order valence-electron chi connectivity index (χ4n) is 2.33. The van der Waals surface area contributed by atoms with Gasteiger partial charge in [0.15, 0.2) is 5.78 Å². The van der Waals surface area contributed by atoms with Gasteiger partial charge in [-0.2, -0.15) is 0 Å². The lowest BCUT2D eigenvalue weighted by atomic mass is 9.96. The van der Waals surface area contributed by atoms with Crippen LogP contribution in [0.2, 0.25) is 0 Å². The number of fused-ring (bicyclic) bond motifs is 1. The molecule has 0 radical (unpaired) electrons. The molecular weight excluding hydrogens is 302 g/mol. The van der Waals surface area contributed by atoms with Gasteiger partial charge in [0.25, 0.3) is 11.4 Å². The Bertz CT molecular complexity index is 871. The van der Waals surface area contributed by atoms with Crippen LogP contribution in [-0.2, 0) is 0 Å². The Morgan fingerprint density at radius 3 is 2.13 bits per heavy atom. The predicted octanol–water partition coefficient (Wildman–Crippen LogP) is 3.21. The van der Waals surface area contributed by atoms with E-state index in [0.29, 0.717) is 17.0 Å². The predicted molar refractivity (Wildman–Crippen MR) is 81.3 cm³/mol. The van der Waals surface area contributed by atoms with Crippen molar-refractivity contribution < 1.29 is 14.6 Å². The van der Waals surface area contributed by atoms with Crippen LogP contribution in [-0.4, -0.2) is 21.3 Å². The van der Waals surface area contributed by atoms with Crippen molar-refractivity contribution in [3.8, 4) is 0 Å². The van der Waals surface area contributed by atoms with E-state index < -0.39 is 9.85 Å². The zero-order valence-corrected chi connectivity index (χ0v) is 11.6. The molecule has 0 N–H and O–H groups in total. The number of ketones is 1. The van der Waals surface area contributed by atoms with Crippen molar-refractivity contribution in [3.05, 3.63) is 73.8 Å². The number of carbonyl (C=O) groups is 1. The van der Waals surface area contributed by atoms with E-state index in [4.69, 9.17) is 0 Å². The minimum absolute atomic E-state index is 0.00796. The van der Waals surface area contributed by atoms with Crippen molar-refractivity contribution in [1.29, 1.82) is 0 Å². The molecule has 0 amide bonds. The molecule has 0 aliphatic carbocycles. The largest absolute Gasteiger partial charge is 0.294 e. The molecule has 0 saturated heterocycles. The third kappa shape index (κ3) is 2.69. The minimum Gasteiger partial charge on any atom is -0.294 e. The van der Waals surface area contributed by atoms with E-state index in [1.807, 2.05) is 0 Å². The van der Waals surface area contributed by atoms with Crippen LogP contribution in [0.25, 0.3) is 0 Å². The Morgan fingerprint density at radius 2 is 1.52 bits per heavy atom. The smallest absolute Gasteiger partial charge is 0.270 e. The lowest BCUT2D eigenvalue weighted by Gasteiger charge is -2.14. The van der Waals surface area contributed by atoms with Crippen LogP contribution in [0.5, 0.6) is 0 Å². The molecule has 0 fully saturated rings. The highest BCUT2D eigenvalue weighted by Gasteiger charge is 2.23. The first kappa shape index (κ1) is 14.5. The number of benzene rings is 2. The van der Waals surface area contributed by atoms with Gasteiger partial charge in [-0.05, 0) is 23.8 Å². The van der Waals surface area contributed by atoms with Gasteiger partial charge in [0.2, 0.25) is 0 Å². The maximum atomic E-state index is 12.2. The third-order valence-corrected chi connectivity index (χ3v) is 3.49. The van der Waals surface area contributed by atoms with Crippen molar-refractivity contribution >= 4 is 28.6 Å². The topological polar surface area (TPSA) is 116 Å². The highest BCUT2D eigenvalue weighted by atomic mass is 16.6. The van der Waals surface area contributed by atoms with Crippen molar-refractivity contribution in [1.82, 2.24) is 0 Å². The van der Waals surface area contributed by atoms with Crippen LogP contribution in [0.3, 0.4) is 0 Å². The van der Waals surface area contributed by atoms with Crippen molar-refractivity contribution in [2.24, 2.45) is 4.99 Å². The van der Waals surface area contributed by atoms with Gasteiger partial charge >= 0.3 is 0 Å². The number of Topliss-reactive ketones (excluding diaryl/α,β-unsaturated/α-hetero) is 1. The van der Waals surface area contributed by atoms with Gasteiger partial charge in [-0.1, -0.05) is 0 Å². The minimum atomic E-state index is -0.566. The summed E-state index contributed by atoms with van der Waals surface area (Å²) in [6, 6.07) is 9.67. The molecule has 1 heterocycles. The van der Waals surface area contributed by atoms with Crippen molar-refractivity contribution in [3.63, 3.8) is 0 Å². The van der Waals surface area contributed by atoms with Gasteiger partial charge in [-0.15, -0.1) is 0 Å². The summed E-state index contributed by atoms with van der Waals surface area (Å²) in [4.78, 5) is 36.9. The maximum Gasteiger partial charge on any atom is 0.270 e. The average Bonchev–Trinajstić information content (AvgIpc) is 2.54. The summed E-state index contributed by atoms with van der Waals surface area (Å²) in [7, 11) is 0. The monoisotopic (exact) mass is 311 g/mol. The number of nitrogens with zero attached hydrogens (tertiary/aromatic N) is 3.